The molecule has 0 fully saturated rings. The Labute approximate surface area is 109 Å². The van der Waals surface area contributed by atoms with E-state index in [0.29, 0.717) is 0 Å². The summed E-state index contributed by atoms with van der Waals surface area (Å²) < 4.78 is 2.14. The van der Waals surface area contributed by atoms with Crippen LogP contribution < -0.4 is 0 Å². The van der Waals surface area contributed by atoms with E-state index in [-0.39, 0.29) is 5.28 Å². The van der Waals surface area contributed by atoms with Gasteiger partial charge in [0.25, 0.3) is 0 Å². The monoisotopic (exact) mass is 258 g/mol. The Morgan fingerprint density at radius 1 is 1.22 bits per heavy atom. The molecule has 2 aromatic heterocycles. The summed E-state index contributed by atoms with van der Waals surface area (Å²) >= 11 is 5.81. The van der Waals surface area contributed by atoms with E-state index in [4.69, 9.17) is 11.6 Å². The summed E-state index contributed by atoms with van der Waals surface area (Å²) in [7, 11) is 2.04. The summed E-state index contributed by atoms with van der Waals surface area (Å²) in [5, 5.41) is 8.86. The lowest BCUT2D eigenvalue weighted by atomic mass is 10.1. The smallest absolute Gasteiger partial charge is 0.243 e. The van der Waals surface area contributed by atoms with E-state index in [2.05, 4.69) is 38.8 Å². The molecule has 0 bridgehead atoms. The zero-order valence-corrected chi connectivity index (χ0v) is 10.8. The van der Waals surface area contributed by atoms with Gasteiger partial charge in [-0.15, -0.1) is 5.10 Å². The largest absolute Gasteiger partial charge is 0.347 e. The molecule has 0 radical (unpaired) electrons. The van der Waals surface area contributed by atoms with Crippen LogP contribution in [0.1, 0.15) is 5.69 Å². The molecule has 3 rings (SSSR count). The molecule has 0 saturated heterocycles. The highest BCUT2D eigenvalue weighted by Crippen LogP contribution is 2.32. The SMILES string of the molecule is Cc1c(-c2cnnc(Cl)n2)c2ccccc2n1C. The third-order valence-corrected chi connectivity index (χ3v) is 3.35. The van der Waals surface area contributed by atoms with Crippen molar-refractivity contribution in [2.45, 2.75) is 6.92 Å². The third kappa shape index (κ3) is 1.57. The van der Waals surface area contributed by atoms with Crippen molar-refractivity contribution in [2.75, 3.05) is 0 Å². The second kappa shape index (κ2) is 4.07. The van der Waals surface area contributed by atoms with Gasteiger partial charge in [-0.05, 0) is 24.6 Å². The quantitative estimate of drug-likeness (QED) is 0.674. The summed E-state index contributed by atoms with van der Waals surface area (Å²) in [6.45, 7) is 2.06. The first-order chi connectivity index (χ1) is 8.68. The fourth-order valence-corrected chi connectivity index (χ4v) is 2.38. The topological polar surface area (TPSA) is 43.6 Å². The summed E-state index contributed by atoms with van der Waals surface area (Å²) in [5.74, 6) is 0. The maximum absolute atomic E-state index is 5.81. The van der Waals surface area contributed by atoms with Crippen molar-refractivity contribution < 1.29 is 0 Å². The number of nitrogens with zero attached hydrogens (tertiary/aromatic N) is 4. The van der Waals surface area contributed by atoms with Crippen LogP contribution >= 0.6 is 11.6 Å². The fourth-order valence-electron chi connectivity index (χ4n) is 2.25. The van der Waals surface area contributed by atoms with Crippen molar-refractivity contribution in [3.05, 3.63) is 41.4 Å². The molecule has 4 nitrogen and oxygen atoms in total. The van der Waals surface area contributed by atoms with Gasteiger partial charge in [-0.2, -0.15) is 5.10 Å². The standard InChI is InChI=1S/C13H11ClN4/c1-8-12(10-7-15-17-13(14)16-10)9-5-3-4-6-11(9)18(8)2/h3-7H,1-2H3. The van der Waals surface area contributed by atoms with Crippen molar-refractivity contribution in [2.24, 2.45) is 7.05 Å². The molecule has 5 heteroatoms. The van der Waals surface area contributed by atoms with E-state index in [1.165, 1.54) is 5.52 Å². The highest BCUT2D eigenvalue weighted by molar-refractivity contribution is 6.28. The van der Waals surface area contributed by atoms with Gasteiger partial charge in [0.2, 0.25) is 5.28 Å². The first-order valence-corrected chi connectivity index (χ1v) is 5.96. The summed E-state index contributed by atoms with van der Waals surface area (Å²) in [6.07, 6.45) is 1.64. The third-order valence-electron chi connectivity index (χ3n) is 3.19. The van der Waals surface area contributed by atoms with E-state index in [1.807, 2.05) is 19.2 Å². The molecule has 0 saturated carbocycles. The first-order valence-electron chi connectivity index (χ1n) is 5.58. The molecular formula is C13H11ClN4. The first kappa shape index (κ1) is 11.2. The van der Waals surface area contributed by atoms with E-state index < -0.39 is 0 Å². The number of rotatable bonds is 1. The van der Waals surface area contributed by atoms with Gasteiger partial charge in [0, 0.05) is 29.2 Å². The Morgan fingerprint density at radius 2 is 2.00 bits per heavy atom. The number of para-hydroxylation sites is 1. The lowest BCUT2D eigenvalue weighted by Crippen LogP contribution is -1.93. The van der Waals surface area contributed by atoms with Gasteiger partial charge in [-0.1, -0.05) is 18.2 Å². The summed E-state index contributed by atoms with van der Waals surface area (Å²) in [6, 6.07) is 8.20. The van der Waals surface area contributed by atoms with Gasteiger partial charge in [-0.3, -0.25) is 0 Å². The van der Waals surface area contributed by atoms with Crippen molar-refractivity contribution in [3.8, 4) is 11.3 Å². The van der Waals surface area contributed by atoms with Crippen LogP contribution in [0.3, 0.4) is 0 Å². The molecule has 0 aliphatic heterocycles. The highest BCUT2D eigenvalue weighted by atomic mass is 35.5. The Morgan fingerprint density at radius 3 is 2.78 bits per heavy atom. The Bertz CT molecular complexity index is 733. The average molecular weight is 259 g/mol. The van der Waals surface area contributed by atoms with Crippen molar-refractivity contribution in [1.82, 2.24) is 19.7 Å². The predicted octanol–water partition coefficient (Wildman–Crippen LogP) is 2.99. The van der Waals surface area contributed by atoms with E-state index in [9.17, 15) is 0 Å². The molecule has 90 valence electrons. The lowest BCUT2D eigenvalue weighted by Gasteiger charge is -2.01. The molecule has 0 atom stereocenters. The number of hydrogen-bond donors (Lipinski definition) is 0. The molecule has 0 N–H and O–H groups in total. The van der Waals surface area contributed by atoms with Crippen molar-refractivity contribution in [3.63, 3.8) is 0 Å². The van der Waals surface area contributed by atoms with Crippen molar-refractivity contribution in [1.29, 1.82) is 0 Å². The Balaban J connectivity index is 2.39. The predicted molar refractivity (Wildman–Crippen MR) is 71.5 cm³/mol. The van der Waals surface area contributed by atoms with Crippen LogP contribution in [0.25, 0.3) is 22.2 Å². The average Bonchev–Trinajstić information content (AvgIpc) is 2.63. The molecule has 18 heavy (non-hydrogen) atoms. The molecule has 1 aromatic carbocycles. The number of aryl methyl sites for hydroxylation is 1. The van der Waals surface area contributed by atoms with E-state index in [0.717, 1.165) is 22.3 Å². The molecule has 0 aliphatic carbocycles. The second-order valence-electron chi connectivity index (χ2n) is 4.15. The highest BCUT2D eigenvalue weighted by Gasteiger charge is 2.14. The number of fused-ring (bicyclic) bond motifs is 1. The Hall–Kier alpha value is -1.94. The van der Waals surface area contributed by atoms with E-state index >= 15 is 0 Å². The van der Waals surface area contributed by atoms with Gasteiger partial charge >= 0.3 is 0 Å². The van der Waals surface area contributed by atoms with Gasteiger partial charge in [0.15, 0.2) is 0 Å². The summed E-state index contributed by atoms with van der Waals surface area (Å²) in [4.78, 5) is 4.25. The van der Waals surface area contributed by atoms with Crippen LogP contribution in [0.15, 0.2) is 30.5 Å². The summed E-state index contributed by atoms with van der Waals surface area (Å²) in [5.41, 5.74) is 4.11. The minimum Gasteiger partial charge on any atom is -0.347 e. The molecule has 0 spiro atoms. The molecule has 0 aliphatic rings. The maximum Gasteiger partial charge on any atom is 0.243 e. The minimum atomic E-state index is 0.167. The normalized spacial score (nSPS) is 11.1. The number of benzene rings is 1. The zero-order valence-electron chi connectivity index (χ0n) is 10.1. The lowest BCUT2D eigenvalue weighted by molar-refractivity contribution is 0.915. The van der Waals surface area contributed by atoms with Crippen LogP contribution in [0.2, 0.25) is 5.28 Å². The molecule has 0 amide bonds. The number of hydrogen-bond acceptors (Lipinski definition) is 3. The fraction of sp³-hybridized carbons (Fsp3) is 0.154. The van der Waals surface area contributed by atoms with Crippen LogP contribution in [0.5, 0.6) is 0 Å². The molecular weight excluding hydrogens is 248 g/mol. The van der Waals surface area contributed by atoms with Gasteiger partial charge in [0.1, 0.15) is 0 Å². The Kier molecular flexibility index (Phi) is 2.52. The number of aromatic nitrogens is 4. The van der Waals surface area contributed by atoms with Gasteiger partial charge in [-0.25, -0.2) is 4.98 Å². The zero-order chi connectivity index (χ0) is 12.7. The number of halogens is 1. The van der Waals surface area contributed by atoms with E-state index in [1.54, 1.807) is 6.20 Å². The minimum absolute atomic E-state index is 0.167. The molecule has 0 unspecified atom stereocenters. The van der Waals surface area contributed by atoms with Crippen LogP contribution in [-0.2, 0) is 7.05 Å². The van der Waals surface area contributed by atoms with Crippen LogP contribution in [0, 0.1) is 6.92 Å². The molecule has 2 heterocycles. The van der Waals surface area contributed by atoms with Crippen LogP contribution in [0.4, 0.5) is 0 Å². The van der Waals surface area contributed by atoms with Crippen molar-refractivity contribution >= 4 is 22.5 Å². The van der Waals surface area contributed by atoms with Gasteiger partial charge < -0.3 is 4.57 Å². The van der Waals surface area contributed by atoms with Crippen LogP contribution in [-0.4, -0.2) is 19.7 Å². The maximum atomic E-state index is 5.81. The second-order valence-corrected chi connectivity index (χ2v) is 4.49. The molecule has 3 aromatic rings. The van der Waals surface area contributed by atoms with Gasteiger partial charge in [0.05, 0.1) is 11.9 Å².